The molecule has 1 N–H and O–H groups in total. The van der Waals surface area contributed by atoms with Crippen LogP contribution < -0.4 is 5.32 Å². The standard InChI is InChI=1S/C18H16F3NO3/c1-11(18(24)22-16-8-7-13(19)10-15(16)21)25-17(23)9-6-12-4-2-3-5-14(12)20/h2-5,7-8,10-11H,6,9H2,1H3,(H,22,24)/t11-/m0/s1. The van der Waals surface area contributed by atoms with Crippen molar-refractivity contribution in [2.45, 2.75) is 25.9 Å². The number of esters is 1. The van der Waals surface area contributed by atoms with Gasteiger partial charge in [0.25, 0.3) is 5.91 Å². The highest BCUT2D eigenvalue weighted by atomic mass is 19.1. The Hall–Kier alpha value is -2.83. The van der Waals surface area contributed by atoms with Gasteiger partial charge in [0.1, 0.15) is 17.5 Å². The van der Waals surface area contributed by atoms with E-state index in [0.29, 0.717) is 11.6 Å². The van der Waals surface area contributed by atoms with Crippen molar-refractivity contribution in [1.82, 2.24) is 0 Å². The lowest BCUT2D eigenvalue weighted by Crippen LogP contribution is -2.30. The number of amides is 1. The van der Waals surface area contributed by atoms with Crippen LogP contribution in [-0.2, 0) is 20.7 Å². The molecule has 0 spiro atoms. The summed E-state index contributed by atoms with van der Waals surface area (Å²) in [6.07, 6.45) is -1.16. The van der Waals surface area contributed by atoms with Crippen molar-refractivity contribution in [3.05, 3.63) is 65.5 Å². The molecule has 1 atom stereocenters. The van der Waals surface area contributed by atoms with E-state index in [9.17, 15) is 22.8 Å². The van der Waals surface area contributed by atoms with Gasteiger partial charge in [-0.1, -0.05) is 18.2 Å². The van der Waals surface area contributed by atoms with Gasteiger partial charge < -0.3 is 10.1 Å². The third-order valence-electron chi connectivity index (χ3n) is 3.42. The number of ether oxygens (including phenoxy) is 1. The molecular formula is C18H16F3NO3. The molecule has 2 aromatic carbocycles. The third kappa shape index (κ3) is 5.34. The molecule has 0 saturated heterocycles. The van der Waals surface area contributed by atoms with Gasteiger partial charge in [0, 0.05) is 12.5 Å². The van der Waals surface area contributed by atoms with Gasteiger partial charge in [0.2, 0.25) is 0 Å². The minimum atomic E-state index is -1.18. The van der Waals surface area contributed by atoms with E-state index in [1.807, 2.05) is 0 Å². The van der Waals surface area contributed by atoms with Crippen molar-refractivity contribution in [2.24, 2.45) is 0 Å². The Labute approximate surface area is 142 Å². The minimum absolute atomic E-state index is 0.108. The molecule has 2 aromatic rings. The molecule has 0 aliphatic carbocycles. The zero-order chi connectivity index (χ0) is 18.4. The number of benzene rings is 2. The first-order valence-electron chi connectivity index (χ1n) is 7.55. The molecule has 0 aliphatic heterocycles. The first kappa shape index (κ1) is 18.5. The van der Waals surface area contributed by atoms with Crippen molar-refractivity contribution in [2.75, 3.05) is 5.32 Å². The number of carbonyl (C=O) groups is 2. The van der Waals surface area contributed by atoms with Crippen molar-refractivity contribution in [1.29, 1.82) is 0 Å². The second kappa shape index (κ2) is 8.32. The lowest BCUT2D eigenvalue weighted by atomic mass is 10.1. The zero-order valence-electron chi connectivity index (χ0n) is 13.4. The first-order valence-corrected chi connectivity index (χ1v) is 7.55. The molecule has 25 heavy (non-hydrogen) atoms. The molecule has 7 heteroatoms. The van der Waals surface area contributed by atoms with Gasteiger partial charge in [-0.05, 0) is 37.1 Å². The lowest BCUT2D eigenvalue weighted by Gasteiger charge is -2.14. The number of aryl methyl sites for hydroxylation is 1. The molecule has 0 heterocycles. The van der Waals surface area contributed by atoms with Crippen molar-refractivity contribution >= 4 is 17.6 Å². The quantitative estimate of drug-likeness (QED) is 0.809. The Kier molecular flexibility index (Phi) is 6.16. The Balaban J connectivity index is 1.85. The molecular weight excluding hydrogens is 335 g/mol. The van der Waals surface area contributed by atoms with Crippen LogP contribution in [0.3, 0.4) is 0 Å². The van der Waals surface area contributed by atoms with Crippen LogP contribution in [-0.4, -0.2) is 18.0 Å². The summed E-state index contributed by atoms with van der Waals surface area (Å²) in [6, 6.07) is 8.71. The molecule has 0 bridgehead atoms. The third-order valence-corrected chi connectivity index (χ3v) is 3.42. The van der Waals surface area contributed by atoms with Gasteiger partial charge in [-0.15, -0.1) is 0 Å². The summed E-state index contributed by atoms with van der Waals surface area (Å²) in [5, 5.41) is 2.21. The van der Waals surface area contributed by atoms with Gasteiger partial charge in [0.15, 0.2) is 6.10 Å². The van der Waals surface area contributed by atoms with Crippen LogP contribution in [0.2, 0.25) is 0 Å². The topological polar surface area (TPSA) is 55.4 Å². The number of hydrogen-bond donors (Lipinski definition) is 1. The summed E-state index contributed by atoms with van der Waals surface area (Å²) in [6.45, 7) is 1.32. The fraction of sp³-hybridized carbons (Fsp3) is 0.222. The summed E-state index contributed by atoms with van der Waals surface area (Å²) in [5.74, 6) is -3.59. The molecule has 0 aromatic heterocycles. The Bertz CT molecular complexity index is 780. The van der Waals surface area contributed by atoms with Gasteiger partial charge in [-0.2, -0.15) is 0 Å². The molecule has 0 unspecified atom stereocenters. The van der Waals surface area contributed by atoms with Crippen LogP contribution in [0.15, 0.2) is 42.5 Å². The number of anilines is 1. The summed E-state index contributed by atoms with van der Waals surface area (Å²) in [5.41, 5.74) is 0.144. The smallest absolute Gasteiger partial charge is 0.306 e. The zero-order valence-corrected chi connectivity index (χ0v) is 13.4. The minimum Gasteiger partial charge on any atom is -0.453 e. The van der Waals surface area contributed by atoms with Crippen molar-refractivity contribution in [3.63, 3.8) is 0 Å². The van der Waals surface area contributed by atoms with E-state index in [-0.39, 0.29) is 18.5 Å². The van der Waals surface area contributed by atoms with E-state index in [4.69, 9.17) is 4.74 Å². The second-order valence-electron chi connectivity index (χ2n) is 5.34. The molecule has 132 valence electrons. The van der Waals surface area contributed by atoms with Crippen LogP contribution in [0.4, 0.5) is 18.9 Å². The summed E-state index contributed by atoms with van der Waals surface area (Å²) < 4.78 is 44.7. The number of nitrogens with one attached hydrogen (secondary N) is 1. The maximum atomic E-state index is 13.5. The highest BCUT2D eigenvalue weighted by molar-refractivity contribution is 5.95. The molecule has 0 radical (unpaired) electrons. The van der Waals surface area contributed by atoms with Gasteiger partial charge in [0.05, 0.1) is 5.69 Å². The fourth-order valence-electron chi connectivity index (χ4n) is 2.07. The van der Waals surface area contributed by atoms with E-state index in [1.165, 1.54) is 19.1 Å². The molecule has 0 saturated carbocycles. The predicted octanol–water partition coefficient (Wildman–Crippen LogP) is 3.61. The average Bonchev–Trinajstić information content (AvgIpc) is 2.56. The van der Waals surface area contributed by atoms with E-state index in [0.717, 1.165) is 12.1 Å². The summed E-state index contributed by atoms with van der Waals surface area (Å²) in [4.78, 5) is 23.7. The van der Waals surface area contributed by atoms with Crippen LogP contribution >= 0.6 is 0 Å². The van der Waals surface area contributed by atoms with Crippen molar-refractivity contribution in [3.8, 4) is 0 Å². The Morgan fingerprint density at radius 1 is 1.08 bits per heavy atom. The highest BCUT2D eigenvalue weighted by Crippen LogP contribution is 2.16. The molecule has 1 amide bonds. The lowest BCUT2D eigenvalue weighted by molar-refractivity contribution is -0.153. The molecule has 0 fully saturated rings. The largest absolute Gasteiger partial charge is 0.453 e. The first-order chi connectivity index (χ1) is 11.9. The van der Waals surface area contributed by atoms with E-state index < -0.39 is 35.4 Å². The highest BCUT2D eigenvalue weighted by Gasteiger charge is 2.19. The number of carbonyl (C=O) groups excluding carboxylic acids is 2. The number of halogens is 3. The SMILES string of the molecule is C[C@H](OC(=O)CCc1ccccc1F)C(=O)Nc1ccc(F)cc1F. The van der Waals surface area contributed by atoms with Gasteiger partial charge in [-0.25, -0.2) is 13.2 Å². The number of hydrogen-bond acceptors (Lipinski definition) is 3. The normalized spacial score (nSPS) is 11.7. The van der Waals surface area contributed by atoms with E-state index >= 15 is 0 Å². The maximum absolute atomic E-state index is 13.5. The van der Waals surface area contributed by atoms with Crippen LogP contribution in [0.25, 0.3) is 0 Å². The van der Waals surface area contributed by atoms with Gasteiger partial charge >= 0.3 is 5.97 Å². The van der Waals surface area contributed by atoms with Gasteiger partial charge in [-0.3, -0.25) is 9.59 Å². The summed E-state index contributed by atoms with van der Waals surface area (Å²) in [7, 11) is 0. The van der Waals surface area contributed by atoms with E-state index in [1.54, 1.807) is 12.1 Å². The molecule has 4 nitrogen and oxygen atoms in total. The molecule has 2 rings (SSSR count). The van der Waals surface area contributed by atoms with Crippen molar-refractivity contribution < 1.29 is 27.5 Å². The van der Waals surface area contributed by atoms with Crippen LogP contribution in [0.1, 0.15) is 18.9 Å². The van der Waals surface area contributed by atoms with Crippen LogP contribution in [0.5, 0.6) is 0 Å². The second-order valence-corrected chi connectivity index (χ2v) is 5.34. The molecule has 0 aliphatic rings. The summed E-state index contributed by atoms with van der Waals surface area (Å²) >= 11 is 0. The fourth-order valence-corrected chi connectivity index (χ4v) is 2.07. The van der Waals surface area contributed by atoms with Crippen LogP contribution in [0, 0.1) is 17.5 Å². The Morgan fingerprint density at radius 3 is 2.48 bits per heavy atom. The van der Waals surface area contributed by atoms with E-state index in [2.05, 4.69) is 5.32 Å². The average molecular weight is 351 g/mol. The Morgan fingerprint density at radius 2 is 1.80 bits per heavy atom. The monoisotopic (exact) mass is 351 g/mol. The predicted molar refractivity (Wildman–Crippen MR) is 85.3 cm³/mol. The maximum Gasteiger partial charge on any atom is 0.306 e. The number of rotatable bonds is 6.